The fourth-order valence-electron chi connectivity index (χ4n) is 2.30. The zero-order valence-electron chi connectivity index (χ0n) is 11.5. The molecule has 1 unspecified atom stereocenters. The molecule has 0 heterocycles. The molecular weight excluding hydrogens is 249 g/mol. The van der Waals surface area contributed by atoms with E-state index in [4.69, 9.17) is 11.6 Å². The smallest absolute Gasteiger partial charge is 0.145 e. The van der Waals surface area contributed by atoms with Gasteiger partial charge >= 0.3 is 0 Å². The first-order chi connectivity index (χ1) is 8.62. The minimum Gasteiger partial charge on any atom is -0.317 e. The molecule has 3 heteroatoms. The minimum atomic E-state index is -0.274. The van der Waals surface area contributed by atoms with Gasteiger partial charge in [-0.15, -0.1) is 0 Å². The van der Waals surface area contributed by atoms with E-state index < -0.39 is 0 Å². The van der Waals surface area contributed by atoms with Gasteiger partial charge in [-0.05, 0) is 37.4 Å². The summed E-state index contributed by atoms with van der Waals surface area (Å²) in [5.74, 6) is 0.425. The molecule has 1 rings (SSSR count). The molecule has 0 fully saturated rings. The van der Waals surface area contributed by atoms with E-state index in [1.807, 2.05) is 19.2 Å². The Morgan fingerprint density at radius 3 is 2.50 bits per heavy atom. The fourth-order valence-corrected chi connectivity index (χ4v) is 2.49. The van der Waals surface area contributed by atoms with Gasteiger partial charge < -0.3 is 5.32 Å². The van der Waals surface area contributed by atoms with Crippen LogP contribution in [-0.2, 0) is 6.42 Å². The van der Waals surface area contributed by atoms with Gasteiger partial charge in [0.2, 0.25) is 0 Å². The van der Waals surface area contributed by atoms with Gasteiger partial charge in [-0.25, -0.2) is 4.39 Å². The summed E-state index contributed by atoms with van der Waals surface area (Å²) >= 11 is 5.81. The number of likely N-dealkylation sites (N-methyl/N-ethyl adjacent to an activating group) is 1. The predicted octanol–water partition coefficient (Wildman–Crippen LogP) is 4.44. The Kier molecular flexibility index (Phi) is 6.66. The molecule has 1 atom stereocenters. The van der Waals surface area contributed by atoms with Gasteiger partial charge in [0.05, 0.1) is 5.02 Å². The van der Waals surface area contributed by atoms with Gasteiger partial charge in [0.1, 0.15) is 5.82 Å². The molecule has 18 heavy (non-hydrogen) atoms. The van der Waals surface area contributed by atoms with Gasteiger partial charge in [-0.3, -0.25) is 0 Å². The zero-order chi connectivity index (χ0) is 13.5. The number of nitrogens with one attached hydrogen (secondary N) is 1. The van der Waals surface area contributed by atoms with Crippen molar-refractivity contribution < 1.29 is 4.39 Å². The molecule has 1 N–H and O–H groups in total. The van der Waals surface area contributed by atoms with E-state index in [-0.39, 0.29) is 10.8 Å². The van der Waals surface area contributed by atoms with Crippen LogP contribution in [0.25, 0.3) is 0 Å². The highest BCUT2D eigenvalue weighted by Gasteiger charge is 2.15. The average Bonchev–Trinajstić information content (AvgIpc) is 2.39. The van der Waals surface area contributed by atoms with Crippen molar-refractivity contribution in [2.45, 2.75) is 45.6 Å². The number of benzene rings is 1. The van der Waals surface area contributed by atoms with Crippen molar-refractivity contribution in [3.05, 3.63) is 34.6 Å². The van der Waals surface area contributed by atoms with Gasteiger partial charge in [0, 0.05) is 6.04 Å². The predicted molar refractivity (Wildman–Crippen MR) is 76.7 cm³/mol. The highest BCUT2D eigenvalue weighted by molar-refractivity contribution is 6.30. The number of hydrogen-bond acceptors (Lipinski definition) is 1. The Labute approximate surface area is 115 Å². The molecular formula is C15H23ClFN. The van der Waals surface area contributed by atoms with E-state index >= 15 is 0 Å². The van der Waals surface area contributed by atoms with Gasteiger partial charge in [-0.1, -0.05) is 50.4 Å². The molecule has 0 spiro atoms. The third kappa shape index (κ3) is 4.25. The molecule has 0 bridgehead atoms. The molecule has 1 aromatic carbocycles. The Hall–Kier alpha value is -0.600. The van der Waals surface area contributed by atoms with E-state index in [0.29, 0.717) is 23.9 Å². The van der Waals surface area contributed by atoms with Crippen LogP contribution in [-0.4, -0.2) is 13.1 Å². The van der Waals surface area contributed by atoms with Crippen molar-refractivity contribution in [1.29, 1.82) is 0 Å². The number of rotatable bonds is 7. The first-order valence-corrected chi connectivity index (χ1v) is 7.10. The molecule has 0 amide bonds. The average molecular weight is 272 g/mol. The molecule has 0 aromatic heterocycles. The van der Waals surface area contributed by atoms with Crippen LogP contribution in [0.15, 0.2) is 18.2 Å². The normalized spacial score (nSPS) is 13.0. The lowest BCUT2D eigenvalue weighted by Gasteiger charge is -2.22. The van der Waals surface area contributed by atoms with Crippen LogP contribution < -0.4 is 5.32 Å². The second-order valence-corrected chi connectivity index (χ2v) is 5.23. The van der Waals surface area contributed by atoms with Crippen molar-refractivity contribution in [3.63, 3.8) is 0 Å². The van der Waals surface area contributed by atoms with Gasteiger partial charge in [0.15, 0.2) is 0 Å². The maximum Gasteiger partial charge on any atom is 0.145 e. The van der Waals surface area contributed by atoms with E-state index in [2.05, 4.69) is 19.2 Å². The fraction of sp³-hybridized carbons (Fsp3) is 0.600. The summed E-state index contributed by atoms with van der Waals surface area (Å²) in [7, 11) is 1.94. The van der Waals surface area contributed by atoms with Crippen LogP contribution in [0, 0.1) is 11.7 Å². The van der Waals surface area contributed by atoms with Crippen molar-refractivity contribution in [3.8, 4) is 0 Å². The first-order valence-electron chi connectivity index (χ1n) is 6.72. The van der Waals surface area contributed by atoms with Crippen molar-refractivity contribution in [2.75, 3.05) is 7.05 Å². The Balaban J connectivity index is 2.70. The van der Waals surface area contributed by atoms with Gasteiger partial charge in [0.25, 0.3) is 0 Å². The second-order valence-electron chi connectivity index (χ2n) is 4.82. The number of halogens is 2. The summed E-state index contributed by atoms with van der Waals surface area (Å²) in [4.78, 5) is 0. The number of hydrogen-bond donors (Lipinski definition) is 1. The zero-order valence-corrected chi connectivity index (χ0v) is 12.2. The molecule has 0 saturated carbocycles. The molecule has 1 aromatic rings. The molecule has 0 radical (unpaired) electrons. The maximum absolute atomic E-state index is 13.8. The van der Waals surface area contributed by atoms with E-state index in [9.17, 15) is 4.39 Å². The SMILES string of the molecule is CCC(CC)CC(Cc1cccc(Cl)c1F)NC. The highest BCUT2D eigenvalue weighted by atomic mass is 35.5. The van der Waals surface area contributed by atoms with Crippen LogP contribution in [0.2, 0.25) is 5.02 Å². The second kappa shape index (κ2) is 7.75. The van der Waals surface area contributed by atoms with Crippen LogP contribution >= 0.6 is 11.6 Å². The Morgan fingerprint density at radius 2 is 1.94 bits per heavy atom. The molecule has 1 nitrogen and oxygen atoms in total. The van der Waals surface area contributed by atoms with Crippen LogP contribution in [0.1, 0.15) is 38.7 Å². The standard InChI is InChI=1S/C15H23ClFN/c1-4-11(5-2)9-13(18-3)10-12-7-6-8-14(16)15(12)17/h6-8,11,13,18H,4-5,9-10H2,1-3H3. The molecule has 0 aliphatic heterocycles. The third-order valence-corrected chi connectivity index (χ3v) is 3.97. The van der Waals surface area contributed by atoms with Crippen LogP contribution in [0.3, 0.4) is 0 Å². The topological polar surface area (TPSA) is 12.0 Å². The Morgan fingerprint density at radius 1 is 1.28 bits per heavy atom. The van der Waals surface area contributed by atoms with Crippen LogP contribution in [0.5, 0.6) is 0 Å². The largest absolute Gasteiger partial charge is 0.317 e. The summed E-state index contributed by atoms with van der Waals surface area (Å²) in [5.41, 5.74) is 0.702. The lowest BCUT2D eigenvalue weighted by Crippen LogP contribution is -2.30. The molecule has 0 aliphatic carbocycles. The van der Waals surface area contributed by atoms with Crippen LogP contribution in [0.4, 0.5) is 4.39 Å². The first kappa shape index (κ1) is 15.5. The van der Waals surface area contributed by atoms with E-state index in [0.717, 1.165) is 6.42 Å². The summed E-state index contributed by atoms with van der Waals surface area (Å²) in [6.07, 6.45) is 4.12. The van der Waals surface area contributed by atoms with E-state index in [1.54, 1.807) is 6.07 Å². The summed E-state index contributed by atoms with van der Waals surface area (Å²) in [5, 5.41) is 3.50. The molecule has 102 valence electrons. The highest BCUT2D eigenvalue weighted by Crippen LogP contribution is 2.22. The van der Waals surface area contributed by atoms with E-state index in [1.165, 1.54) is 12.8 Å². The lowest BCUT2D eigenvalue weighted by atomic mass is 9.91. The van der Waals surface area contributed by atoms with Crippen molar-refractivity contribution >= 4 is 11.6 Å². The third-order valence-electron chi connectivity index (χ3n) is 3.68. The van der Waals surface area contributed by atoms with Crippen molar-refractivity contribution in [1.82, 2.24) is 5.32 Å². The van der Waals surface area contributed by atoms with Gasteiger partial charge in [-0.2, -0.15) is 0 Å². The monoisotopic (exact) mass is 271 g/mol. The molecule has 0 saturated heterocycles. The summed E-state index contributed by atoms with van der Waals surface area (Å²) in [6.45, 7) is 4.42. The molecule has 0 aliphatic rings. The summed E-state index contributed by atoms with van der Waals surface area (Å²) in [6, 6.07) is 5.53. The Bertz CT molecular complexity index is 364. The minimum absolute atomic E-state index is 0.213. The lowest BCUT2D eigenvalue weighted by molar-refractivity contribution is 0.374. The maximum atomic E-state index is 13.8. The summed E-state index contributed by atoms with van der Waals surface area (Å²) < 4.78 is 13.8. The van der Waals surface area contributed by atoms with Crippen molar-refractivity contribution in [2.24, 2.45) is 5.92 Å². The quantitative estimate of drug-likeness (QED) is 0.773.